The number of benzene rings is 2. The van der Waals surface area contributed by atoms with Crippen molar-refractivity contribution < 1.29 is 9.53 Å². The average molecular weight is 392 g/mol. The van der Waals surface area contributed by atoms with Crippen LogP contribution >= 0.6 is 22.6 Å². The van der Waals surface area contributed by atoms with E-state index in [1.54, 1.807) is 0 Å². The first-order chi connectivity index (χ1) is 10.1. The highest BCUT2D eigenvalue weighted by molar-refractivity contribution is 14.1. The van der Waals surface area contributed by atoms with Crippen molar-refractivity contribution in [1.82, 2.24) is 0 Å². The van der Waals surface area contributed by atoms with Gasteiger partial charge in [0.25, 0.3) is 0 Å². The first-order valence-corrected chi connectivity index (χ1v) is 8.26. The van der Waals surface area contributed by atoms with Gasteiger partial charge in [0, 0.05) is 22.0 Å². The molecule has 3 rings (SSSR count). The summed E-state index contributed by atoms with van der Waals surface area (Å²) in [5, 5.41) is 0. The van der Waals surface area contributed by atoms with E-state index in [-0.39, 0.29) is 5.78 Å². The quantitative estimate of drug-likeness (QED) is 0.571. The number of rotatable bonds is 4. The Morgan fingerprint density at radius 2 is 2.14 bits per heavy atom. The molecule has 0 unspecified atom stereocenters. The highest BCUT2D eigenvalue weighted by atomic mass is 127. The molecule has 0 fully saturated rings. The predicted octanol–water partition coefficient (Wildman–Crippen LogP) is 4.35. The number of ether oxygens (including phenoxy) is 1. The zero-order chi connectivity index (χ0) is 14.8. The van der Waals surface area contributed by atoms with Crippen LogP contribution in [0, 0.1) is 10.5 Å². The van der Waals surface area contributed by atoms with Crippen LogP contribution in [0.15, 0.2) is 36.4 Å². The normalized spacial score (nSPS) is 12.9. The van der Waals surface area contributed by atoms with Gasteiger partial charge in [-0.2, -0.15) is 0 Å². The number of carbonyl (C=O) groups excluding carboxylic acids is 1. The number of hydrogen-bond donors (Lipinski definition) is 0. The fraction of sp³-hybridized carbons (Fsp3) is 0.278. The van der Waals surface area contributed by atoms with Gasteiger partial charge in [-0.25, -0.2) is 0 Å². The molecule has 2 aromatic rings. The van der Waals surface area contributed by atoms with Crippen LogP contribution < -0.4 is 4.74 Å². The smallest absolute Gasteiger partial charge is 0.164 e. The Morgan fingerprint density at radius 3 is 3.00 bits per heavy atom. The largest absolute Gasteiger partial charge is 0.493 e. The van der Waals surface area contributed by atoms with E-state index in [1.165, 1.54) is 11.1 Å². The molecule has 0 saturated heterocycles. The fourth-order valence-electron chi connectivity index (χ4n) is 2.65. The van der Waals surface area contributed by atoms with Gasteiger partial charge >= 0.3 is 0 Å². The molecule has 2 nitrogen and oxygen atoms in total. The van der Waals surface area contributed by atoms with Gasteiger partial charge in [0.2, 0.25) is 0 Å². The molecule has 1 aliphatic heterocycles. The molecule has 2 aromatic carbocycles. The van der Waals surface area contributed by atoms with E-state index in [2.05, 4.69) is 34.7 Å². The molecule has 0 radical (unpaired) electrons. The van der Waals surface area contributed by atoms with Crippen molar-refractivity contribution in [3.63, 3.8) is 0 Å². The summed E-state index contributed by atoms with van der Waals surface area (Å²) in [6, 6.07) is 12.2. The number of halogens is 1. The summed E-state index contributed by atoms with van der Waals surface area (Å²) < 4.78 is 6.58. The molecule has 21 heavy (non-hydrogen) atoms. The first-order valence-electron chi connectivity index (χ1n) is 7.18. The molecule has 0 bridgehead atoms. The molecule has 0 aliphatic carbocycles. The topological polar surface area (TPSA) is 26.3 Å². The number of fused-ring (bicyclic) bond motifs is 1. The number of aryl methyl sites for hydroxylation is 2. The molecule has 0 atom stereocenters. The molecule has 0 aromatic heterocycles. The van der Waals surface area contributed by atoms with Crippen LogP contribution in [0.1, 0.15) is 33.5 Å². The highest BCUT2D eigenvalue weighted by Gasteiger charge is 2.14. The van der Waals surface area contributed by atoms with E-state index < -0.39 is 0 Å². The Balaban J connectivity index is 1.70. The van der Waals surface area contributed by atoms with Gasteiger partial charge in [-0.3, -0.25) is 4.79 Å². The zero-order valence-electron chi connectivity index (χ0n) is 12.0. The minimum absolute atomic E-state index is 0.222. The monoisotopic (exact) mass is 392 g/mol. The summed E-state index contributed by atoms with van der Waals surface area (Å²) in [6.45, 7) is 2.82. The van der Waals surface area contributed by atoms with E-state index in [0.29, 0.717) is 6.42 Å². The Hall–Kier alpha value is -1.36. The second-order valence-corrected chi connectivity index (χ2v) is 6.48. The molecule has 0 spiro atoms. The number of ketones is 1. The summed E-state index contributed by atoms with van der Waals surface area (Å²) in [7, 11) is 0. The Kier molecular flexibility index (Phi) is 4.29. The van der Waals surface area contributed by atoms with Crippen molar-refractivity contribution in [3.05, 3.63) is 62.2 Å². The summed E-state index contributed by atoms with van der Waals surface area (Å²) in [5.41, 5.74) is 4.50. The van der Waals surface area contributed by atoms with E-state index in [0.717, 1.165) is 39.9 Å². The maximum absolute atomic E-state index is 12.4. The lowest BCUT2D eigenvalue weighted by Crippen LogP contribution is -2.04. The zero-order valence-corrected chi connectivity index (χ0v) is 14.1. The first kappa shape index (κ1) is 14.6. The van der Waals surface area contributed by atoms with Crippen LogP contribution in [0.2, 0.25) is 0 Å². The summed E-state index contributed by atoms with van der Waals surface area (Å²) >= 11 is 2.26. The average Bonchev–Trinajstić information content (AvgIpc) is 2.95. The second kappa shape index (κ2) is 6.18. The molecule has 108 valence electrons. The SMILES string of the molecule is Cc1cccc(C(=O)CCc2ccc3c(c2)CCO3)c1I. The third-order valence-electron chi connectivity index (χ3n) is 3.89. The molecule has 0 amide bonds. The van der Waals surface area contributed by atoms with Gasteiger partial charge in [-0.1, -0.05) is 30.3 Å². The highest BCUT2D eigenvalue weighted by Crippen LogP contribution is 2.26. The molecule has 1 heterocycles. The molecule has 1 aliphatic rings. The summed E-state index contributed by atoms with van der Waals surface area (Å²) in [5.74, 6) is 1.22. The predicted molar refractivity (Wildman–Crippen MR) is 92.2 cm³/mol. The Labute approximate surface area is 138 Å². The van der Waals surface area contributed by atoms with Crippen molar-refractivity contribution in [2.24, 2.45) is 0 Å². The van der Waals surface area contributed by atoms with Crippen LogP contribution in [0.5, 0.6) is 5.75 Å². The van der Waals surface area contributed by atoms with Crippen LogP contribution in [0.4, 0.5) is 0 Å². The molecule has 0 N–H and O–H groups in total. The summed E-state index contributed by atoms with van der Waals surface area (Å²) in [4.78, 5) is 12.4. The maximum Gasteiger partial charge on any atom is 0.164 e. The van der Waals surface area contributed by atoms with Gasteiger partial charge in [-0.05, 0) is 58.7 Å². The minimum atomic E-state index is 0.222. The van der Waals surface area contributed by atoms with Crippen molar-refractivity contribution in [2.45, 2.75) is 26.2 Å². The lowest BCUT2D eigenvalue weighted by Gasteiger charge is -2.07. The van der Waals surface area contributed by atoms with Crippen LogP contribution in [-0.4, -0.2) is 12.4 Å². The van der Waals surface area contributed by atoms with Crippen LogP contribution in [0.25, 0.3) is 0 Å². The third-order valence-corrected chi connectivity index (χ3v) is 5.32. The molecule has 3 heteroatoms. The van der Waals surface area contributed by atoms with Gasteiger partial charge in [-0.15, -0.1) is 0 Å². The van der Waals surface area contributed by atoms with Gasteiger partial charge in [0.1, 0.15) is 5.75 Å². The lowest BCUT2D eigenvalue weighted by atomic mass is 10.00. The second-order valence-electron chi connectivity index (χ2n) is 5.40. The van der Waals surface area contributed by atoms with Gasteiger partial charge in [0.05, 0.1) is 6.61 Å². The number of Topliss-reactive ketones (excluding diaryl/α,β-unsaturated/α-hetero) is 1. The fourth-order valence-corrected chi connectivity index (χ4v) is 3.31. The van der Waals surface area contributed by atoms with E-state index in [4.69, 9.17) is 4.74 Å². The Morgan fingerprint density at radius 1 is 1.29 bits per heavy atom. The number of hydrogen-bond acceptors (Lipinski definition) is 2. The van der Waals surface area contributed by atoms with Crippen molar-refractivity contribution in [3.8, 4) is 5.75 Å². The minimum Gasteiger partial charge on any atom is -0.493 e. The maximum atomic E-state index is 12.4. The van der Waals surface area contributed by atoms with Crippen LogP contribution in [-0.2, 0) is 12.8 Å². The van der Waals surface area contributed by atoms with E-state index in [9.17, 15) is 4.79 Å². The van der Waals surface area contributed by atoms with Gasteiger partial charge in [0.15, 0.2) is 5.78 Å². The number of carbonyl (C=O) groups is 1. The van der Waals surface area contributed by atoms with Crippen LogP contribution in [0.3, 0.4) is 0 Å². The van der Waals surface area contributed by atoms with Crippen molar-refractivity contribution in [2.75, 3.05) is 6.61 Å². The van der Waals surface area contributed by atoms with E-state index >= 15 is 0 Å². The van der Waals surface area contributed by atoms with Gasteiger partial charge < -0.3 is 4.74 Å². The molecular weight excluding hydrogens is 375 g/mol. The molecule has 0 saturated carbocycles. The molecular formula is C18H17IO2. The van der Waals surface area contributed by atoms with Crippen molar-refractivity contribution in [1.29, 1.82) is 0 Å². The Bertz CT molecular complexity index is 692. The lowest BCUT2D eigenvalue weighted by molar-refractivity contribution is 0.0982. The standard InChI is InChI=1S/C18H17IO2/c1-12-3-2-4-15(18(12)19)16(20)7-5-13-6-8-17-14(11-13)9-10-21-17/h2-4,6,8,11H,5,7,9-10H2,1H3. The van der Waals surface area contributed by atoms with Crippen molar-refractivity contribution >= 4 is 28.4 Å². The third kappa shape index (κ3) is 3.12. The van der Waals surface area contributed by atoms with E-state index in [1.807, 2.05) is 31.2 Å². The summed E-state index contributed by atoms with van der Waals surface area (Å²) in [6.07, 6.45) is 2.32.